The van der Waals surface area contributed by atoms with Crippen molar-refractivity contribution in [1.82, 2.24) is 10.2 Å². The van der Waals surface area contributed by atoms with Crippen molar-refractivity contribution in [3.05, 3.63) is 78.4 Å². The number of hydrogen-bond donors (Lipinski definition) is 2. The van der Waals surface area contributed by atoms with E-state index in [2.05, 4.69) is 22.9 Å². The first-order valence-corrected chi connectivity index (χ1v) is 11.7. The Bertz CT molecular complexity index is 966. The van der Waals surface area contributed by atoms with E-state index in [9.17, 15) is 9.90 Å². The number of fused-ring (bicyclic) bond motifs is 1. The van der Waals surface area contributed by atoms with Crippen molar-refractivity contribution in [1.29, 1.82) is 0 Å². The van der Waals surface area contributed by atoms with Crippen molar-refractivity contribution in [2.75, 3.05) is 26.7 Å². The molecule has 1 heterocycles. The summed E-state index contributed by atoms with van der Waals surface area (Å²) in [4.78, 5) is 15.0. The first kappa shape index (κ1) is 23.3. The number of nitrogens with one attached hydrogen (secondary N) is 1. The zero-order valence-corrected chi connectivity index (χ0v) is 19.3. The third-order valence-corrected chi connectivity index (χ3v) is 7.41. The van der Waals surface area contributed by atoms with Crippen molar-refractivity contribution in [2.45, 2.75) is 49.3 Å². The van der Waals surface area contributed by atoms with E-state index in [1.54, 1.807) is 13.2 Å². The number of alkyl carbamates (subject to hydrolysis) is 1. The smallest absolute Gasteiger partial charge is 0.407 e. The summed E-state index contributed by atoms with van der Waals surface area (Å²) in [7, 11) is 1.79. The maximum atomic E-state index is 12.6. The van der Waals surface area contributed by atoms with Gasteiger partial charge in [0.15, 0.2) is 0 Å². The predicted octanol–water partition coefficient (Wildman–Crippen LogP) is 4.39. The van der Waals surface area contributed by atoms with Crippen LogP contribution in [0, 0.1) is 0 Å². The quantitative estimate of drug-likeness (QED) is 0.613. The maximum absolute atomic E-state index is 12.6. The number of hydrogen-bond acceptors (Lipinski definition) is 5. The second-order valence-electron chi connectivity index (χ2n) is 9.25. The molecule has 2 N–H and O–H groups in total. The SMILES string of the molecule is C=CCN1CC[C@@]2(c3cccc(O)c3)C[C@H](NC(=O)OCc3ccccc3)CC[C@]2(OC)C1. The van der Waals surface area contributed by atoms with Gasteiger partial charge in [-0.05, 0) is 55.5 Å². The minimum absolute atomic E-state index is 0.0372. The van der Waals surface area contributed by atoms with E-state index in [0.29, 0.717) is 0 Å². The van der Waals surface area contributed by atoms with Gasteiger partial charge in [0.1, 0.15) is 12.4 Å². The highest BCUT2D eigenvalue weighted by atomic mass is 16.5. The average Bonchev–Trinajstić information content (AvgIpc) is 2.83. The molecule has 2 aromatic rings. The lowest BCUT2D eigenvalue weighted by Gasteiger charge is -2.59. The Morgan fingerprint density at radius 2 is 2.06 bits per heavy atom. The van der Waals surface area contributed by atoms with Gasteiger partial charge in [0.05, 0.1) is 5.60 Å². The summed E-state index contributed by atoms with van der Waals surface area (Å²) in [6.45, 7) is 6.65. The van der Waals surface area contributed by atoms with Gasteiger partial charge in [-0.1, -0.05) is 48.5 Å². The molecule has 0 unspecified atom stereocenters. The molecule has 176 valence electrons. The molecule has 2 fully saturated rings. The fourth-order valence-corrected chi connectivity index (χ4v) is 5.79. The van der Waals surface area contributed by atoms with Gasteiger partial charge >= 0.3 is 6.09 Å². The van der Waals surface area contributed by atoms with Crippen LogP contribution < -0.4 is 5.32 Å². The third-order valence-electron chi connectivity index (χ3n) is 7.41. The number of piperidine rings is 1. The summed E-state index contributed by atoms with van der Waals surface area (Å²) in [5.41, 5.74) is 1.29. The second-order valence-corrected chi connectivity index (χ2v) is 9.25. The summed E-state index contributed by atoms with van der Waals surface area (Å²) in [5, 5.41) is 13.4. The molecule has 0 spiro atoms. The summed E-state index contributed by atoms with van der Waals surface area (Å²) in [5.74, 6) is 0.248. The third kappa shape index (κ3) is 4.77. The molecule has 2 aliphatic rings. The van der Waals surface area contributed by atoms with E-state index < -0.39 is 11.7 Å². The van der Waals surface area contributed by atoms with Crippen molar-refractivity contribution in [3.63, 3.8) is 0 Å². The molecule has 6 heteroatoms. The molecule has 0 radical (unpaired) electrons. The van der Waals surface area contributed by atoms with E-state index in [-0.39, 0.29) is 23.8 Å². The molecule has 6 nitrogen and oxygen atoms in total. The maximum Gasteiger partial charge on any atom is 0.407 e. The van der Waals surface area contributed by atoms with E-state index in [1.807, 2.05) is 48.5 Å². The lowest BCUT2D eigenvalue weighted by molar-refractivity contribution is -0.146. The zero-order valence-electron chi connectivity index (χ0n) is 19.3. The molecule has 0 aromatic heterocycles. The summed E-state index contributed by atoms with van der Waals surface area (Å²) in [6.07, 6.45) is 4.74. The number of nitrogens with zero attached hydrogens (tertiary/aromatic N) is 1. The van der Waals surface area contributed by atoms with Crippen LogP contribution in [0.15, 0.2) is 67.3 Å². The highest BCUT2D eigenvalue weighted by molar-refractivity contribution is 5.67. The second kappa shape index (κ2) is 9.98. The number of benzene rings is 2. The van der Waals surface area contributed by atoms with E-state index in [0.717, 1.165) is 56.4 Å². The van der Waals surface area contributed by atoms with Gasteiger partial charge in [-0.25, -0.2) is 4.79 Å². The van der Waals surface area contributed by atoms with Gasteiger partial charge in [0.2, 0.25) is 0 Å². The van der Waals surface area contributed by atoms with Crippen molar-refractivity contribution in [2.24, 2.45) is 0 Å². The van der Waals surface area contributed by atoms with Crippen LogP contribution >= 0.6 is 0 Å². The molecule has 1 amide bonds. The van der Waals surface area contributed by atoms with Crippen molar-refractivity contribution < 1.29 is 19.4 Å². The molecule has 0 bridgehead atoms. The van der Waals surface area contributed by atoms with Crippen LogP contribution in [-0.2, 0) is 21.5 Å². The monoisotopic (exact) mass is 450 g/mol. The van der Waals surface area contributed by atoms with Gasteiger partial charge in [0, 0.05) is 31.7 Å². The summed E-state index contributed by atoms with van der Waals surface area (Å²) in [6, 6.07) is 17.2. The van der Waals surface area contributed by atoms with E-state index in [1.165, 1.54) is 0 Å². The van der Waals surface area contributed by atoms with E-state index in [4.69, 9.17) is 9.47 Å². The predicted molar refractivity (Wildman–Crippen MR) is 128 cm³/mol. The molecule has 3 atom stereocenters. The van der Waals surface area contributed by atoms with Crippen LogP contribution in [0.1, 0.15) is 36.8 Å². The van der Waals surface area contributed by atoms with Crippen LogP contribution in [0.2, 0.25) is 0 Å². The summed E-state index contributed by atoms with van der Waals surface area (Å²) >= 11 is 0. The average molecular weight is 451 g/mol. The summed E-state index contributed by atoms with van der Waals surface area (Å²) < 4.78 is 11.8. The molecular formula is C27H34N2O4. The van der Waals surface area contributed by atoms with Gasteiger partial charge in [-0.2, -0.15) is 0 Å². The van der Waals surface area contributed by atoms with Crippen molar-refractivity contribution >= 4 is 6.09 Å². The van der Waals surface area contributed by atoms with Gasteiger partial charge in [-0.3, -0.25) is 4.90 Å². The fraction of sp³-hybridized carbons (Fsp3) is 0.444. The van der Waals surface area contributed by atoms with Crippen LogP contribution in [0.25, 0.3) is 0 Å². The normalized spacial score (nSPS) is 27.4. The number of aromatic hydroxyl groups is 1. The van der Waals surface area contributed by atoms with Crippen LogP contribution in [-0.4, -0.2) is 54.5 Å². The molecule has 2 aromatic carbocycles. The van der Waals surface area contributed by atoms with Gasteiger partial charge in [0.25, 0.3) is 0 Å². The number of ether oxygens (including phenoxy) is 2. The Balaban J connectivity index is 1.55. The molecule has 1 aliphatic carbocycles. The van der Waals surface area contributed by atoms with Crippen LogP contribution in [0.3, 0.4) is 0 Å². The standard InChI is InChI=1S/C27H34N2O4/c1-3-15-29-16-14-26(22-10-7-11-24(30)17-22)18-23(12-13-27(26,20-29)32-2)28-25(31)33-19-21-8-5-4-6-9-21/h3-11,17,23,30H,1,12-16,18-20H2,2H3,(H,28,31)/t23-,26+,27+/m1/s1. The Hall–Kier alpha value is -2.83. The first-order chi connectivity index (χ1) is 16.0. The number of phenols is 1. The lowest BCUT2D eigenvalue weighted by atomic mass is 9.55. The van der Waals surface area contributed by atoms with Gasteiger partial charge < -0.3 is 19.9 Å². The molecule has 1 saturated heterocycles. The van der Waals surface area contributed by atoms with Gasteiger partial charge in [-0.15, -0.1) is 6.58 Å². The highest BCUT2D eigenvalue weighted by Gasteiger charge is 2.58. The van der Waals surface area contributed by atoms with Crippen LogP contribution in [0.4, 0.5) is 4.79 Å². The number of rotatable bonds is 7. The van der Waals surface area contributed by atoms with E-state index >= 15 is 0 Å². The first-order valence-electron chi connectivity index (χ1n) is 11.7. The Morgan fingerprint density at radius 1 is 1.24 bits per heavy atom. The van der Waals surface area contributed by atoms with Crippen molar-refractivity contribution in [3.8, 4) is 5.75 Å². The number of amides is 1. The number of methoxy groups -OCH3 is 1. The number of phenolic OH excluding ortho intramolecular Hbond substituents is 1. The lowest BCUT2D eigenvalue weighted by Crippen LogP contribution is -2.67. The topological polar surface area (TPSA) is 71.0 Å². The minimum Gasteiger partial charge on any atom is -0.508 e. The van der Waals surface area contributed by atoms with Crippen LogP contribution in [0.5, 0.6) is 5.75 Å². The number of carbonyl (C=O) groups excluding carboxylic acids is 1. The Labute approximate surface area is 196 Å². The number of carbonyl (C=O) groups is 1. The zero-order chi connectivity index (χ0) is 23.3. The minimum atomic E-state index is -0.409. The highest BCUT2D eigenvalue weighted by Crippen LogP contribution is 2.53. The molecule has 4 rings (SSSR count). The molecule has 33 heavy (non-hydrogen) atoms. The molecule has 1 aliphatic heterocycles. The Morgan fingerprint density at radius 3 is 2.79 bits per heavy atom. The Kier molecular flexibility index (Phi) is 7.05. The fourth-order valence-electron chi connectivity index (χ4n) is 5.79. The number of likely N-dealkylation sites (tertiary alicyclic amines) is 1. The molecule has 1 saturated carbocycles. The molecular weight excluding hydrogens is 416 g/mol. The largest absolute Gasteiger partial charge is 0.508 e.